The molecule has 3 aromatic rings. The Balaban J connectivity index is 1.31. The van der Waals surface area contributed by atoms with E-state index in [4.69, 9.17) is 23.2 Å². The maximum Gasteiger partial charge on any atom is 0.242 e. The Hall–Kier alpha value is -1.94. The van der Waals surface area contributed by atoms with Crippen molar-refractivity contribution in [3.8, 4) is 0 Å². The first-order valence-electron chi connectivity index (χ1n) is 13.0. The first kappa shape index (κ1) is 28.6. The van der Waals surface area contributed by atoms with Crippen LogP contribution in [0.15, 0.2) is 82.6 Å². The van der Waals surface area contributed by atoms with Crippen LogP contribution in [0.5, 0.6) is 0 Å². The Morgan fingerprint density at radius 3 is 2.23 bits per heavy atom. The van der Waals surface area contributed by atoms with Crippen molar-refractivity contribution in [1.29, 1.82) is 0 Å². The summed E-state index contributed by atoms with van der Waals surface area (Å²) in [4.78, 5) is 3.09. The molecule has 1 saturated heterocycles. The second-order valence-electron chi connectivity index (χ2n) is 10.7. The Labute approximate surface area is 241 Å². The predicted molar refractivity (Wildman–Crippen MR) is 156 cm³/mol. The summed E-state index contributed by atoms with van der Waals surface area (Å²) in [5, 5.41) is 1.02. The molecule has 0 unspecified atom stereocenters. The zero-order chi connectivity index (χ0) is 27.8. The van der Waals surface area contributed by atoms with Crippen LogP contribution in [0.1, 0.15) is 36.3 Å². The maximum absolute atomic E-state index is 13.2. The molecular weight excluding hydrogens is 575 g/mol. The Morgan fingerprint density at radius 1 is 0.949 bits per heavy atom. The topological polar surface area (TPSA) is 74.8 Å². The van der Waals surface area contributed by atoms with Crippen LogP contribution in [0, 0.1) is 0 Å². The molecule has 6 nitrogen and oxygen atoms in total. The zero-order valence-electron chi connectivity index (χ0n) is 21.8. The lowest BCUT2D eigenvalue weighted by Crippen LogP contribution is -2.44. The summed E-state index contributed by atoms with van der Waals surface area (Å²) in [5.74, 6) is 0.0482. The summed E-state index contributed by atoms with van der Waals surface area (Å²) >= 11 is 12.6. The number of hydrogen-bond donors (Lipinski definition) is 0. The van der Waals surface area contributed by atoms with Crippen LogP contribution in [0.2, 0.25) is 10.0 Å². The fourth-order valence-corrected chi connectivity index (χ4v) is 10.0. The quantitative estimate of drug-likeness (QED) is 0.333. The summed E-state index contributed by atoms with van der Waals surface area (Å²) < 4.78 is 53.6. The van der Waals surface area contributed by atoms with Crippen molar-refractivity contribution >= 4 is 43.1 Å². The van der Waals surface area contributed by atoms with E-state index < -0.39 is 19.9 Å². The summed E-state index contributed by atoms with van der Waals surface area (Å²) in [6, 6.07) is 21.2. The fourth-order valence-electron chi connectivity index (χ4n) is 6.01. The molecule has 2 heterocycles. The van der Waals surface area contributed by atoms with Gasteiger partial charge < -0.3 is 4.90 Å². The van der Waals surface area contributed by atoms with Gasteiger partial charge in [0, 0.05) is 29.1 Å². The molecule has 2 aliphatic rings. The molecule has 208 valence electrons. The number of fused-ring (bicyclic) bond motifs is 2. The van der Waals surface area contributed by atoms with Gasteiger partial charge in [0.15, 0.2) is 9.84 Å². The second kappa shape index (κ2) is 11.1. The van der Waals surface area contributed by atoms with Crippen LogP contribution >= 0.6 is 23.2 Å². The molecule has 39 heavy (non-hydrogen) atoms. The molecule has 1 spiro atoms. The van der Waals surface area contributed by atoms with Gasteiger partial charge in [0.05, 0.1) is 15.5 Å². The van der Waals surface area contributed by atoms with Crippen LogP contribution in [0.3, 0.4) is 0 Å². The van der Waals surface area contributed by atoms with Crippen molar-refractivity contribution in [1.82, 2.24) is 9.21 Å². The fraction of sp³-hybridized carbons (Fsp3) is 0.379. The van der Waals surface area contributed by atoms with Crippen LogP contribution in [0.4, 0.5) is 0 Å². The summed E-state index contributed by atoms with van der Waals surface area (Å²) in [7, 11) is -5.32. The monoisotopic (exact) mass is 606 g/mol. The molecule has 0 aromatic heterocycles. The SMILES string of the molecule is CN(C[C@H](CCN1CCC2(CC1)CS(=O)(=O)c1ccccc12)c1cc(Cl)cc(Cl)c1)S(=O)(=O)c1ccccc1. The van der Waals surface area contributed by atoms with Crippen molar-refractivity contribution < 1.29 is 16.8 Å². The number of likely N-dealkylation sites (tertiary alicyclic amines) is 1. The molecule has 0 saturated carbocycles. The third-order valence-corrected chi connectivity index (χ3v) is 12.4. The second-order valence-corrected chi connectivity index (χ2v) is 15.5. The van der Waals surface area contributed by atoms with Gasteiger partial charge in [0.1, 0.15) is 0 Å². The normalized spacial score (nSPS) is 19.3. The number of sulfone groups is 1. The third-order valence-electron chi connectivity index (χ3n) is 8.15. The van der Waals surface area contributed by atoms with E-state index in [1.165, 1.54) is 4.31 Å². The largest absolute Gasteiger partial charge is 0.303 e. The smallest absolute Gasteiger partial charge is 0.242 e. The molecule has 0 amide bonds. The molecule has 0 N–H and O–H groups in total. The molecule has 0 radical (unpaired) electrons. The Kier molecular flexibility index (Phi) is 8.17. The van der Waals surface area contributed by atoms with Gasteiger partial charge in [-0.1, -0.05) is 59.6 Å². The molecular formula is C29H32Cl2N2O4S2. The van der Waals surface area contributed by atoms with E-state index in [-0.39, 0.29) is 28.5 Å². The van der Waals surface area contributed by atoms with Crippen molar-refractivity contribution in [3.63, 3.8) is 0 Å². The molecule has 5 rings (SSSR count). The summed E-state index contributed by atoms with van der Waals surface area (Å²) in [6.07, 6.45) is 2.26. The predicted octanol–water partition coefficient (Wildman–Crippen LogP) is 5.61. The number of halogens is 2. The van der Waals surface area contributed by atoms with Crippen molar-refractivity contribution in [3.05, 3.63) is 94.0 Å². The average Bonchev–Trinajstić information content (AvgIpc) is 3.13. The van der Waals surface area contributed by atoms with Gasteiger partial charge in [0.25, 0.3) is 0 Å². The lowest BCUT2D eigenvalue weighted by Gasteiger charge is -2.40. The van der Waals surface area contributed by atoms with E-state index in [0.717, 1.165) is 43.6 Å². The van der Waals surface area contributed by atoms with E-state index >= 15 is 0 Å². The van der Waals surface area contributed by atoms with Crippen LogP contribution in [0.25, 0.3) is 0 Å². The van der Waals surface area contributed by atoms with Crippen molar-refractivity contribution in [2.45, 2.75) is 40.4 Å². The van der Waals surface area contributed by atoms with E-state index in [2.05, 4.69) is 4.90 Å². The van der Waals surface area contributed by atoms with E-state index in [0.29, 0.717) is 21.4 Å². The maximum atomic E-state index is 13.2. The first-order chi connectivity index (χ1) is 18.5. The van der Waals surface area contributed by atoms with E-state index in [9.17, 15) is 16.8 Å². The number of benzene rings is 3. The van der Waals surface area contributed by atoms with Crippen molar-refractivity contribution in [2.24, 2.45) is 0 Å². The first-order valence-corrected chi connectivity index (χ1v) is 16.9. The highest BCUT2D eigenvalue weighted by molar-refractivity contribution is 7.91. The number of rotatable bonds is 8. The standard InChI is InChI=1S/C29H32Cl2N2O4S2/c1-32(39(36,37)26-7-3-2-4-8-26)20-22(23-17-24(30)19-25(31)18-23)11-14-33-15-12-29(13-16-33)21-38(34,35)28-10-6-5-9-27(28)29/h2-10,17-19,22H,11-16,20-21H2,1H3/t22-/m0/s1. The van der Waals surface area contributed by atoms with Gasteiger partial charge in [-0.15, -0.1) is 0 Å². The molecule has 10 heteroatoms. The highest BCUT2D eigenvalue weighted by Crippen LogP contribution is 2.46. The Bertz CT molecular complexity index is 1530. The van der Waals surface area contributed by atoms with Gasteiger partial charge in [-0.2, -0.15) is 0 Å². The number of sulfonamides is 1. The minimum atomic E-state index is -3.66. The molecule has 0 bridgehead atoms. The van der Waals surface area contributed by atoms with Gasteiger partial charge in [0.2, 0.25) is 10.0 Å². The van der Waals surface area contributed by atoms with Gasteiger partial charge in [-0.3, -0.25) is 0 Å². The van der Waals surface area contributed by atoms with Crippen LogP contribution < -0.4 is 0 Å². The van der Waals surface area contributed by atoms with E-state index in [1.807, 2.05) is 24.3 Å². The molecule has 3 aromatic carbocycles. The Morgan fingerprint density at radius 2 is 1.56 bits per heavy atom. The average molecular weight is 608 g/mol. The number of likely N-dealkylation sites (N-methyl/N-ethyl adjacent to an activating group) is 1. The highest BCUT2D eigenvalue weighted by atomic mass is 35.5. The third kappa shape index (κ3) is 5.92. The minimum Gasteiger partial charge on any atom is -0.303 e. The van der Waals surface area contributed by atoms with Gasteiger partial charge >= 0.3 is 0 Å². The number of nitrogens with zero attached hydrogens (tertiary/aromatic N) is 2. The molecule has 1 atom stereocenters. The zero-order valence-corrected chi connectivity index (χ0v) is 24.9. The minimum absolute atomic E-state index is 0.131. The van der Waals surface area contributed by atoms with Crippen molar-refractivity contribution in [2.75, 3.05) is 39.0 Å². The van der Waals surface area contributed by atoms with Crippen LogP contribution in [-0.4, -0.2) is 65.0 Å². The lowest BCUT2D eigenvalue weighted by molar-refractivity contribution is 0.165. The molecule has 2 aliphatic heterocycles. The van der Waals surface area contributed by atoms with Gasteiger partial charge in [-0.25, -0.2) is 21.1 Å². The van der Waals surface area contributed by atoms with Gasteiger partial charge in [-0.05, 0) is 92.3 Å². The molecule has 0 aliphatic carbocycles. The lowest BCUT2D eigenvalue weighted by atomic mass is 9.74. The highest BCUT2D eigenvalue weighted by Gasteiger charge is 2.48. The van der Waals surface area contributed by atoms with E-state index in [1.54, 1.807) is 55.6 Å². The number of piperidine rings is 1. The summed E-state index contributed by atoms with van der Waals surface area (Å²) in [6.45, 7) is 2.59. The molecule has 1 fully saturated rings. The van der Waals surface area contributed by atoms with Crippen LogP contribution in [-0.2, 0) is 25.3 Å². The summed E-state index contributed by atoms with van der Waals surface area (Å²) in [5.41, 5.74) is 1.53. The number of hydrogen-bond acceptors (Lipinski definition) is 5.